The van der Waals surface area contributed by atoms with Gasteiger partial charge >= 0.3 is 0 Å². The van der Waals surface area contributed by atoms with E-state index in [0.717, 1.165) is 25.0 Å². The molecule has 156 valence electrons. The van der Waals surface area contributed by atoms with Crippen molar-refractivity contribution in [3.8, 4) is 5.75 Å². The van der Waals surface area contributed by atoms with Gasteiger partial charge in [0.15, 0.2) is 0 Å². The van der Waals surface area contributed by atoms with Crippen LogP contribution in [-0.2, 0) is 19.6 Å². The maximum Gasteiger partial charge on any atom is 0.250 e. The van der Waals surface area contributed by atoms with E-state index in [2.05, 4.69) is 5.32 Å². The average molecular weight is 419 g/mol. The lowest BCUT2D eigenvalue weighted by molar-refractivity contribution is -0.120. The molecule has 0 spiro atoms. The van der Waals surface area contributed by atoms with Gasteiger partial charge in [-0.2, -0.15) is 4.31 Å². The summed E-state index contributed by atoms with van der Waals surface area (Å²) in [4.78, 5) is 12.3. The minimum absolute atomic E-state index is 0.114. The van der Waals surface area contributed by atoms with Crippen LogP contribution in [0.4, 0.5) is 5.69 Å². The number of benzene rings is 2. The maximum atomic E-state index is 13.0. The number of carbonyl (C=O) groups is 1. The molecular formula is C21H26N2O5S. The number of nitrogens with one attached hydrogen (secondary N) is 1. The van der Waals surface area contributed by atoms with Crippen LogP contribution in [0.3, 0.4) is 0 Å². The molecule has 0 aliphatic carbocycles. The minimum Gasteiger partial charge on any atom is -0.491 e. The molecule has 3 rings (SSSR count). The lowest BCUT2D eigenvalue weighted by Crippen LogP contribution is -2.36. The Bertz CT molecular complexity index is 896. The van der Waals surface area contributed by atoms with Gasteiger partial charge in [0.2, 0.25) is 15.9 Å². The van der Waals surface area contributed by atoms with E-state index in [-0.39, 0.29) is 23.8 Å². The number of rotatable bonds is 9. The summed E-state index contributed by atoms with van der Waals surface area (Å²) >= 11 is 0. The number of carbonyl (C=O) groups excluding carboxylic acids is 1. The van der Waals surface area contributed by atoms with Crippen LogP contribution in [0.1, 0.15) is 19.3 Å². The molecule has 8 heteroatoms. The zero-order chi connectivity index (χ0) is 20.5. The zero-order valence-corrected chi connectivity index (χ0v) is 17.1. The fourth-order valence-electron chi connectivity index (χ4n) is 3.13. The van der Waals surface area contributed by atoms with E-state index in [1.165, 1.54) is 10.4 Å². The molecule has 29 heavy (non-hydrogen) atoms. The van der Waals surface area contributed by atoms with Crippen molar-refractivity contribution in [1.29, 1.82) is 0 Å². The fraction of sp³-hybridized carbons (Fsp3) is 0.381. The van der Waals surface area contributed by atoms with Crippen molar-refractivity contribution in [2.24, 2.45) is 0 Å². The van der Waals surface area contributed by atoms with Crippen molar-refractivity contribution >= 4 is 21.6 Å². The van der Waals surface area contributed by atoms with Crippen LogP contribution < -0.4 is 10.1 Å². The van der Waals surface area contributed by atoms with Gasteiger partial charge in [-0.3, -0.25) is 4.79 Å². The van der Waals surface area contributed by atoms with E-state index >= 15 is 0 Å². The molecule has 7 nitrogen and oxygen atoms in total. The van der Waals surface area contributed by atoms with Gasteiger partial charge < -0.3 is 14.8 Å². The molecule has 1 heterocycles. The number of hydrogen-bond acceptors (Lipinski definition) is 5. The Labute approximate surface area is 171 Å². The van der Waals surface area contributed by atoms with E-state index in [0.29, 0.717) is 19.7 Å². The van der Waals surface area contributed by atoms with Gasteiger partial charge in [-0.25, -0.2) is 8.42 Å². The molecule has 2 aromatic rings. The number of sulfonamides is 1. The Morgan fingerprint density at radius 1 is 0.931 bits per heavy atom. The summed E-state index contributed by atoms with van der Waals surface area (Å²) in [6, 6.07) is 15.8. The van der Waals surface area contributed by atoms with Crippen molar-refractivity contribution in [3.63, 3.8) is 0 Å². The SMILES string of the molecule is O=C(COCCOc1ccccc1)Nc1ccccc1S(=O)(=O)N1CCCCC1. The summed E-state index contributed by atoms with van der Waals surface area (Å²) in [5, 5.41) is 2.65. The van der Waals surface area contributed by atoms with Crippen LogP contribution in [0.25, 0.3) is 0 Å². The number of para-hydroxylation sites is 2. The highest BCUT2D eigenvalue weighted by atomic mass is 32.2. The van der Waals surface area contributed by atoms with Gasteiger partial charge in [0, 0.05) is 13.1 Å². The lowest BCUT2D eigenvalue weighted by atomic mass is 10.2. The molecule has 0 bridgehead atoms. The third-order valence-electron chi connectivity index (χ3n) is 4.57. The van der Waals surface area contributed by atoms with E-state index in [4.69, 9.17) is 9.47 Å². The number of ether oxygens (including phenoxy) is 2. The summed E-state index contributed by atoms with van der Waals surface area (Å²) in [6.07, 6.45) is 2.75. The van der Waals surface area contributed by atoms with Gasteiger partial charge in [-0.15, -0.1) is 0 Å². The first-order chi connectivity index (χ1) is 14.1. The maximum absolute atomic E-state index is 13.0. The molecular weight excluding hydrogens is 392 g/mol. The molecule has 1 aliphatic heterocycles. The molecule has 1 saturated heterocycles. The first kappa shape index (κ1) is 21.3. The Kier molecular flexibility index (Phi) is 7.62. The van der Waals surface area contributed by atoms with Gasteiger partial charge in [0.25, 0.3) is 0 Å². The second-order valence-corrected chi connectivity index (χ2v) is 8.63. The lowest BCUT2D eigenvalue weighted by Gasteiger charge is -2.26. The summed E-state index contributed by atoms with van der Waals surface area (Å²) in [7, 11) is -3.64. The van der Waals surface area contributed by atoms with E-state index < -0.39 is 15.9 Å². The minimum atomic E-state index is -3.64. The summed E-state index contributed by atoms with van der Waals surface area (Å²) in [5.41, 5.74) is 0.271. The molecule has 1 amide bonds. The third-order valence-corrected chi connectivity index (χ3v) is 6.52. The van der Waals surface area contributed by atoms with Gasteiger partial charge in [0.05, 0.1) is 12.3 Å². The van der Waals surface area contributed by atoms with E-state index in [1.807, 2.05) is 30.3 Å². The van der Waals surface area contributed by atoms with Crippen molar-refractivity contribution in [1.82, 2.24) is 4.31 Å². The Hall–Kier alpha value is -2.42. The molecule has 1 fully saturated rings. The van der Waals surface area contributed by atoms with Crippen LogP contribution in [0.5, 0.6) is 5.75 Å². The van der Waals surface area contributed by atoms with Crippen LogP contribution in [0.15, 0.2) is 59.5 Å². The highest BCUT2D eigenvalue weighted by Crippen LogP contribution is 2.26. The summed E-state index contributed by atoms with van der Waals surface area (Å²) in [6.45, 7) is 1.40. The highest BCUT2D eigenvalue weighted by molar-refractivity contribution is 7.89. The topological polar surface area (TPSA) is 84.9 Å². The Morgan fingerprint density at radius 3 is 2.38 bits per heavy atom. The van der Waals surface area contributed by atoms with Crippen molar-refractivity contribution in [3.05, 3.63) is 54.6 Å². The smallest absolute Gasteiger partial charge is 0.250 e. The van der Waals surface area contributed by atoms with Crippen LogP contribution in [0, 0.1) is 0 Å². The first-order valence-electron chi connectivity index (χ1n) is 9.72. The molecule has 2 aromatic carbocycles. The summed E-state index contributed by atoms with van der Waals surface area (Å²) in [5.74, 6) is 0.323. The second kappa shape index (κ2) is 10.4. The fourth-order valence-corrected chi connectivity index (χ4v) is 4.79. The predicted molar refractivity (Wildman–Crippen MR) is 110 cm³/mol. The molecule has 1 N–H and O–H groups in total. The normalized spacial score (nSPS) is 15.0. The molecule has 1 aliphatic rings. The van der Waals surface area contributed by atoms with Crippen molar-refractivity contribution in [2.75, 3.05) is 38.2 Å². The monoisotopic (exact) mass is 418 g/mol. The van der Waals surface area contributed by atoms with Gasteiger partial charge in [-0.05, 0) is 37.1 Å². The molecule has 0 unspecified atom stereocenters. The molecule has 0 atom stereocenters. The van der Waals surface area contributed by atoms with Gasteiger partial charge in [-0.1, -0.05) is 36.8 Å². The van der Waals surface area contributed by atoms with Crippen LogP contribution in [0.2, 0.25) is 0 Å². The standard InChI is InChI=1S/C21H26N2O5S/c24-21(17-27-15-16-28-18-9-3-1-4-10-18)22-19-11-5-6-12-20(19)29(25,26)23-13-7-2-8-14-23/h1,3-6,9-12H,2,7-8,13-17H2,(H,22,24). The molecule has 0 saturated carbocycles. The van der Waals surface area contributed by atoms with Crippen LogP contribution in [-0.4, -0.2) is 51.5 Å². The Balaban J connectivity index is 1.51. The van der Waals surface area contributed by atoms with Crippen molar-refractivity contribution < 1.29 is 22.7 Å². The van der Waals surface area contributed by atoms with Crippen molar-refractivity contribution in [2.45, 2.75) is 24.2 Å². The highest BCUT2D eigenvalue weighted by Gasteiger charge is 2.28. The quantitative estimate of drug-likeness (QED) is 0.633. The van der Waals surface area contributed by atoms with E-state index in [1.54, 1.807) is 18.2 Å². The number of anilines is 1. The number of piperidine rings is 1. The largest absolute Gasteiger partial charge is 0.491 e. The molecule has 0 radical (unpaired) electrons. The average Bonchev–Trinajstić information content (AvgIpc) is 2.75. The predicted octanol–water partition coefficient (Wildman–Crippen LogP) is 2.90. The number of amides is 1. The number of nitrogens with zero attached hydrogens (tertiary/aromatic N) is 1. The Morgan fingerprint density at radius 2 is 1.62 bits per heavy atom. The molecule has 0 aromatic heterocycles. The number of hydrogen-bond donors (Lipinski definition) is 1. The van der Waals surface area contributed by atoms with Crippen LogP contribution >= 0.6 is 0 Å². The zero-order valence-electron chi connectivity index (χ0n) is 16.2. The second-order valence-electron chi connectivity index (χ2n) is 6.72. The first-order valence-corrected chi connectivity index (χ1v) is 11.2. The van der Waals surface area contributed by atoms with E-state index in [9.17, 15) is 13.2 Å². The third kappa shape index (κ3) is 6.03. The summed E-state index contributed by atoms with van der Waals surface area (Å²) < 4.78 is 38.2. The van der Waals surface area contributed by atoms with Gasteiger partial charge in [0.1, 0.15) is 23.9 Å².